The maximum absolute atomic E-state index is 10.1. The highest BCUT2D eigenvalue weighted by Gasteiger charge is 2.47. The first-order valence-corrected chi connectivity index (χ1v) is 39.8. The molecule has 12 aliphatic heterocycles. The molecule has 12 aromatic heterocycles. The van der Waals surface area contributed by atoms with Crippen LogP contribution in [0.15, 0.2) is 153 Å². The van der Waals surface area contributed by atoms with Crippen LogP contribution in [-0.4, -0.2) is 242 Å². The standard InChI is InChI=1S/C29H30N8O2.C28H29N9O2.C28H29N9O/c1-39-28-5-2-19(11-32-28)14-36-23-8-24(36)16-35(15-23)27-4-3-20(12-31-27)26-9-22(34-7-6-25(38)18-34)17-37-29(26)21(10-30)13-33-37;1-39-27-3-2-18(9-32-27)13-36-21-6-22(36)15-35(14-21)26-12-30-25(11-31-26)24-7-20(34-5-4-23(38)17-34)16-37-28(24)19(8-29)10-33-37;1-38-27-5-4-19(11-32-27)15-36-22-8-23(36)17-35(16-22)26-14-30-25(13-31-26)24-9-21(34-6-2-3-7-34)18-37-28(24)20(10-29)12-33-37/h2-5,9,11-13,17,23-25,38H,6-8,14-16,18H2,1H3;2-3,7,9-12,16,21-23,38H,4-6,13-15,17H2,1H3;4-5,9,11-14,18,22-23H,2-3,6-8,15-17H2,1H3. The van der Waals surface area contributed by atoms with Gasteiger partial charge < -0.3 is 53.8 Å². The predicted molar refractivity (Wildman–Crippen MR) is 434 cm³/mol. The normalized spacial score (nSPS) is 22.1. The van der Waals surface area contributed by atoms with Gasteiger partial charge in [0.25, 0.3) is 0 Å². The van der Waals surface area contributed by atoms with E-state index in [2.05, 4.69) is 135 Å². The molecule has 12 saturated heterocycles. The minimum absolute atomic E-state index is 0.322. The van der Waals surface area contributed by atoms with E-state index in [1.165, 1.54) is 48.8 Å². The van der Waals surface area contributed by atoms with Crippen LogP contribution in [0.25, 0.3) is 50.2 Å². The molecule has 0 aliphatic carbocycles. The fourth-order valence-corrected chi connectivity index (χ4v) is 18.5. The Hall–Kier alpha value is -12.7. The molecule has 12 aliphatic rings. The minimum atomic E-state index is -0.338. The lowest BCUT2D eigenvalue weighted by molar-refractivity contribution is -0.00881. The average molecular weight is 1550 g/mol. The minimum Gasteiger partial charge on any atom is -0.481 e. The van der Waals surface area contributed by atoms with E-state index in [9.17, 15) is 26.0 Å². The Bertz CT molecular complexity index is 5430. The molecule has 2 N–H and O–H groups in total. The van der Waals surface area contributed by atoms with Crippen LogP contribution in [0.5, 0.6) is 17.6 Å². The van der Waals surface area contributed by atoms with Gasteiger partial charge in [0.15, 0.2) is 0 Å². The van der Waals surface area contributed by atoms with E-state index in [4.69, 9.17) is 39.1 Å². The van der Waals surface area contributed by atoms with Crippen molar-refractivity contribution in [1.29, 1.82) is 15.8 Å². The molecule has 0 saturated carbocycles. The summed E-state index contributed by atoms with van der Waals surface area (Å²) in [4.78, 5) is 58.5. The van der Waals surface area contributed by atoms with Gasteiger partial charge in [0.05, 0.1) is 157 Å². The van der Waals surface area contributed by atoms with Crippen LogP contribution >= 0.6 is 0 Å². The Kier molecular flexibility index (Phi) is 19.8. The number of hydrogen-bond acceptors (Lipinski definition) is 28. The SMILES string of the molecule is COc1ccc(CN2C3CC2CN(c2ccc(-c4cc(N5CCC(O)C5)cn5ncc(C#N)c45)cn2)C3)cn1.COc1ccc(CN2C3CC2CN(c2cnc(-c4cc(N5CCC(O)C5)cn5ncc(C#N)c45)cn2)C3)cn1.COc1ccc(CN2C3CC2CN(c2cnc(-c4cc(N5CCCC5)cn5ncc(C#N)c45)cn2)C3)cn1. The monoisotopic (exact) mass is 1550 g/mol. The van der Waals surface area contributed by atoms with E-state index in [1.807, 2.05) is 90.7 Å². The topological polar surface area (TPSA) is 324 Å². The Morgan fingerprint density at radius 2 is 0.741 bits per heavy atom. The first-order valence-electron chi connectivity index (χ1n) is 39.8. The molecule has 0 spiro atoms. The molecular formula is C85H88N26O5. The molecule has 6 bridgehead atoms. The molecule has 0 amide bonds. The van der Waals surface area contributed by atoms with Gasteiger partial charge in [-0.15, -0.1) is 0 Å². The fourth-order valence-electron chi connectivity index (χ4n) is 18.5. The van der Waals surface area contributed by atoms with Crippen molar-refractivity contribution in [2.45, 2.75) is 113 Å². The molecule has 0 aromatic carbocycles. The average Bonchev–Trinajstić information content (AvgIpc) is 1.17. The number of aromatic nitrogens is 14. The summed E-state index contributed by atoms with van der Waals surface area (Å²) in [5.41, 5.74) is 15.5. The molecule has 12 fully saturated rings. The number of aliphatic hydroxyl groups is 2. The second kappa shape index (κ2) is 31.2. The lowest BCUT2D eigenvalue weighted by Crippen LogP contribution is -2.68. The second-order valence-electron chi connectivity index (χ2n) is 31.6. The van der Waals surface area contributed by atoms with Gasteiger partial charge in [-0.25, -0.2) is 43.5 Å². The maximum atomic E-state index is 10.1. The van der Waals surface area contributed by atoms with Crippen molar-refractivity contribution in [2.75, 3.05) is 129 Å². The third kappa shape index (κ3) is 14.3. The number of β-amino-alcohol motifs (C(OH)–C–C–N with tert-alkyl or cyclic N) is 2. The van der Waals surface area contributed by atoms with Gasteiger partial charge in [0.2, 0.25) is 17.6 Å². The Balaban J connectivity index is 0.000000116. The zero-order valence-electron chi connectivity index (χ0n) is 64.9. The Morgan fingerprint density at radius 3 is 1.07 bits per heavy atom. The number of nitrogens with zero attached hydrogens (tertiary/aromatic N) is 26. The summed E-state index contributed by atoms with van der Waals surface area (Å²) in [5.74, 6) is 4.66. The molecule has 31 heteroatoms. The van der Waals surface area contributed by atoms with E-state index < -0.39 is 0 Å². The summed E-state index contributed by atoms with van der Waals surface area (Å²) in [6.07, 6.45) is 32.5. The Morgan fingerprint density at radius 1 is 0.371 bits per heavy atom. The fraction of sp³-hybridized carbons (Fsp3) is 0.388. The highest BCUT2D eigenvalue weighted by atomic mass is 16.5. The van der Waals surface area contributed by atoms with E-state index >= 15 is 0 Å². The molecule has 24 heterocycles. The van der Waals surface area contributed by atoms with Gasteiger partial charge in [-0.2, -0.15) is 31.1 Å². The first-order chi connectivity index (χ1) is 56.9. The highest BCUT2D eigenvalue weighted by molar-refractivity contribution is 5.88. The van der Waals surface area contributed by atoms with Crippen molar-refractivity contribution in [1.82, 2.24) is 83.4 Å². The van der Waals surface area contributed by atoms with Crippen molar-refractivity contribution in [3.63, 3.8) is 0 Å². The number of rotatable bonds is 18. The largest absolute Gasteiger partial charge is 0.481 e. The lowest BCUT2D eigenvalue weighted by atomic mass is 9.87. The zero-order chi connectivity index (χ0) is 78.7. The number of ether oxygens (including phenoxy) is 3. The van der Waals surface area contributed by atoms with Crippen LogP contribution < -0.4 is 43.6 Å². The number of fused-ring (bicyclic) bond motifs is 9. The summed E-state index contributed by atoms with van der Waals surface area (Å²) in [6, 6.07) is 32.2. The van der Waals surface area contributed by atoms with Gasteiger partial charge in [0.1, 0.15) is 35.7 Å². The van der Waals surface area contributed by atoms with Crippen molar-refractivity contribution >= 4 is 51.1 Å². The number of anilines is 6. The van der Waals surface area contributed by atoms with Crippen LogP contribution in [0.3, 0.4) is 0 Å². The smallest absolute Gasteiger partial charge is 0.212 e. The number of nitriles is 3. The summed E-state index contributed by atoms with van der Waals surface area (Å²) >= 11 is 0. The van der Waals surface area contributed by atoms with Gasteiger partial charge in [-0.3, -0.25) is 24.7 Å². The molecule has 8 unspecified atom stereocenters. The number of pyridine rings is 7. The van der Waals surface area contributed by atoms with E-state index in [-0.39, 0.29) is 12.2 Å². The van der Waals surface area contributed by atoms with E-state index in [0.29, 0.717) is 94.9 Å². The van der Waals surface area contributed by atoms with Gasteiger partial charge in [-0.1, -0.05) is 18.2 Å². The van der Waals surface area contributed by atoms with Crippen molar-refractivity contribution in [2.24, 2.45) is 0 Å². The van der Waals surface area contributed by atoms with Gasteiger partial charge in [0, 0.05) is 200 Å². The molecule has 31 nitrogen and oxygen atoms in total. The number of hydrogen-bond donors (Lipinski definition) is 2. The lowest BCUT2D eigenvalue weighted by Gasteiger charge is -2.56. The van der Waals surface area contributed by atoms with Crippen LogP contribution in [-0.2, 0) is 19.6 Å². The van der Waals surface area contributed by atoms with Crippen molar-refractivity contribution in [3.8, 4) is 69.5 Å². The molecule has 116 heavy (non-hydrogen) atoms. The van der Waals surface area contributed by atoms with Crippen LogP contribution in [0.4, 0.5) is 34.5 Å². The first kappa shape index (κ1) is 73.5. The van der Waals surface area contributed by atoms with Gasteiger partial charge >= 0.3 is 0 Å². The Labute approximate surface area is 670 Å². The van der Waals surface area contributed by atoms with Crippen molar-refractivity contribution in [3.05, 3.63) is 187 Å². The molecule has 588 valence electrons. The summed E-state index contributed by atoms with van der Waals surface area (Å²) in [6.45, 7) is 13.1. The van der Waals surface area contributed by atoms with E-state index in [1.54, 1.807) is 55.1 Å². The third-order valence-corrected chi connectivity index (χ3v) is 24.7. The number of methoxy groups -OCH3 is 3. The molecule has 12 aromatic rings. The van der Waals surface area contributed by atoms with E-state index in [0.717, 1.165) is 171 Å². The molecule has 0 radical (unpaired) electrons. The number of piperazine rings is 3. The van der Waals surface area contributed by atoms with Gasteiger partial charge in [-0.05, 0) is 92.0 Å². The predicted octanol–water partition coefficient (Wildman–Crippen LogP) is 7.94. The molecular weight excluding hydrogens is 1470 g/mol. The highest BCUT2D eigenvalue weighted by Crippen LogP contribution is 2.42. The zero-order valence-corrected chi connectivity index (χ0v) is 64.9. The molecule has 24 rings (SSSR count). The van der Waals surface area contributed by atoms with Crippen molar-refractivity contribution < 1.29 is 24.4 Å². The number of piperidine rings is 3. The van der Waals surface area contributed by atoms with Crippen LogP contribution in [0, 0.1) is 34.0 Å². The number of aliphatic hydroxyl groups excluding tert-OH is 2. The third-order valence-electron chi connectivity index (χ3n) is 24.7. The summed E-state index contributed by atoms with van der Waals surface area (Å²) in [7, 11) is 4.90. The maximum Gasteiger partial charge on any atom is 0.212 e. The van der Waals surface area contributed by atoms with Crippen LogP contribution in [0.2, 0.25) is 0 Å². The molecule has 8 atom stereocenters. The summed E-state index contributed by atoms with van der Waals surface area (Å²) < 4.78 is 20.8. The summed E-state index contributed by atoms with van der Waals surface area (Å²) in [5, 5.41) is 62.5. The quantitative estimate of drug-likeness (QED) is 0.0823. The second-order valence-corrected chi connectivity index (χ2v) is 31.6. The van der Waals surface area contributed by atoms with Crippen LogP contribution in [0.1, 0.15) is 78.3 Å².